The first-order valence-corrected chi connectivity index (χ1v) is 5.70. The summed E-state index contributed by atoms with van der Waals surface area (Å²) in [6.07, 6.45) is 1.81. The number of hydrogen-bond donors (Lipinski definition) is 1. The van der Waals surface area contributed by atoms with Crippen molar-refractivity contribution < 1.29 is 4.79 Å². The monoisotopic (exact) mass is 261 g/mol. The van der Waals surface area contributed by atoms with Gasteiger partial charge in [-0.25, -0.2) is 10.8 Å². The lowest BCUT2D eigenvalue weighted by molar-refractivity contribution is 0.0753. The van der Waals surface area contributed by atoms with Crippen molar-refractivity contribution in [2.75, 3.05) is 6.54 Å². The van der Waals surface area contributed by atoms with Gasteiger partial charge in [-0.1, -0.05) is 36.5 Å². The van der Waals surface area contributed by atoms with Gasteiger partial charge in [0.15, 0.2) is 0 Å². The highest BCUT2D eigenvalue weighted by Crippen LogP contribution is 2.17. The van der Waals surface area contributed by atoms with Gasteiger partial charge in [-0.3, -0.25) is 9.80 Å². The van der Waals surface area contributed by atoms with Crippen LogP contribution in [0, 0.1) is 0 Å². The van der Waals surface area contributed by atoms with Crippen LogP contribution >= 0.6 is 23.2 Å². The van der Waals surface area contributed by atoms with Crippen LogP contribution in [0.15, 0.2) is 12.1 Å². The van der Waals surface area contributed by atoms with E-state index in [2.05, 4.69) is 4.98 Å². The molecule has 0 aliphatic carbocycles. The molecule has 1 amide bonds. The fraction of sp³-hybridized carbons (Fsp3) is 0.400. The number of carbonyl (C=O) groups excluding carboxylic acids is 1. The summed E-state index contributed by atoms with van der Waals surface area (Å²) in [5, 5.41) is 1.46. The number of amides is 1. The summed E-state index contributed by atoms with van der Waals surface area (Å²) < 4.78 is 0. The van der Waals surface area contributed by atoms with E-state index in [0.717, 1.165) is 17.9 Å². The molecule has 0 atom stereocenters. The van der Waals surface area contributed by atoms with Crippen molar-refractivity contribution in [1.82, 2.24) is 9.99 Å². The highest BCUT2D eigenvalue weighted by atomic mass is 35.5. The molecule has 0 spiro atoms. The van der Waals surface area contributed by atoms with Gasteiger partial charge in [-0.2, -0.15) is 0 Å². The number of aromatic nitrogens is 1. The van der Waals surface area contributed by atoms with Crippen LogP contribution in [0.4, 0.5) is 0 Å². The maximum absolute atomic E-state index is 11.8. The summed E-state index contributed by atoms with van der Waals surface area (Å²) in [5.74, 6) is 5.26. The molecule has 0 fully saturated rings. The second-order valence-corrected chi connectivity index (χ2v) is 4.07. The third-order valence-electron chi connectivity index (χ3n) is 2.06. The zero-order chi connectivity index (χ0) is 12.1. The number of hydrogen-bond acceptors (Lipinski definition) is 3. The summed E-state index contributed by atoms with van der Waals surface area (Å²) in [4.78, 5) is 15.6. The van der Waals surface area contributed by atoms with E-state index in [1.54, 1.807) is 0 Å². The van der Waals surface area contributed by atoms with Crippen molar-refractivity contribution in [3.8, 4) is 0 Å². The second-order valence-electron chi connectivity index (χ2n) is 3.32. The molecule has 0 aliphatic heterocycles. The van der Waals surface area contributed by atoms with Gasteiger partial charge in [0.05, 0.1) is 5.56 Å². The Balaban J connectivity index is 2.79. The van der Waals surface area contributed by atoms with Crippen LogP contribution in [0.1, 0.15) is 30.1 Å². The fourth-order valence-electron chi connectivity index (χ4n) is 1.16. The Hall–Kier alpha value is -0.840. The SMILES string of the molecule is CCCCN(N)C(=O)c1ccc(Cl)nc1Cl. The van der Waals surface area contributed by atoms with E-state index in [9.17, 15) is 4.79 Å². The standard InChI is InChI=1S/C10H13Cl2N3O/c1-2-3-6-15(13)10(16)7-4-5-8(11)14-9(7)12/h4-5H,2-3,6,13H2,1H3. The summed E-state index contributed by atoms with van der Waals surface area (Å²) >= 11 is 11.4. The molecule has 0 saturated heterocycles. The molecule has 0 aliphatic rings. The maximum atomic E-state index is 11.8. The Kier molecular flexibility index (Phi) is 4.99. The molecule has 1 aromatic heterocycles. The number of pyridine rings is 1. The Morgan fingerprint density at radius 2 is 2.19 bits per heavy atom. The van der Waals surface area contributed by atoms with Crippen molar-refractivity contribution in [2.45, 2.75) is 19.8 Å². The largest absolute Gasteiger partial charge is 0.277 e. The van der Waals surface area contributed by atoms with Crippen molar-refractivity contribution in [2.24, 2.45) is 5.84 Å². The van der Waals surface area contributed by atoms with E-state index < -0.39 is 0 Å². The zero-order valence-electron chi connectivity index (χ0n) is 8.91. The first-order valence-electron chi connectivity index (χ1n) is 4.95. The van der Waals surface area contributed by atoms with Crippen molar-refractivity contribution in [1.29, 1.82) is 0 Å². The minimum absolute atomic E-state index is 0.0736. The minimum Gasteiger partial charge on any atom is -0.277 e. The molecule has 1 rings (SSSR count). The summed E-state index contributed by atoms with van der Waals surface area (Å²) in [5.41, 5.74) is 0.268. The molecular formula is C10H13Cl2N3O. The lowest BCUT2D eigenvalue weighted by Crippen LogP contribution is -2.38. The first-order chi connectivity index (χ1) is 7.56. The molecule has 0 aromatic carbocycles. The van der Waals surface area contributed by atoms with E-state index in [1.165, 1.54) is 12.1 Å². The minimum atomic E-state index is -0.345. The number of nitrogens with zero attached hydrogens (tertiary/aromatic N) is 2. The molecule has 6 heteroatoms. The summed E-state index contributed by atoms with van der Waals surface area (Å²) in [6.45, 7) is 2.52. The third-order valence-corrected chi connectivity index (χ3v) is 2.56. The van der Waals surface area contributed by atoms with Crippen LogP contribution in [0.25, 0.3) is 0 Å². The van der Waals surface area contributed by atoms with Gasteiger partial charge in [-0.15, -0.1) is 0 Å². The average Bonchev–Trinajstić information content (AvgIpc) is 2.25. The molecule has 88 valence electrons. The molecule has 2 N–H and O–H groups in total. The predicted molar refractivity (Wildman–Crippen MR) is 64.4 cm³/mol. The smallest absolute Gasteiger partial charge is 0.270 e. The molecule has 0 saturated carbocycles. The Bertz CT molecular complexity index is 384. The molecule has 0 bridgehead atoms. The molecule has 1 heterocycles. The van der Waals surface area contributed by atoms with E-state index in [0.29, 0.717) is 6.54 Å². The van der Waals surface area contributed by atoms with Gasteiger partial charge in [0.2, 0.25) is 0 Å². The molecular weight excluding hydrogens is 249 g/mol. The van der Waals surface area contributed by atoms with Gasteiger partial charge < -0.3 is 0 Å². The van der Waals surface area contributed by atoms with Gasteiger partial charge in [-0.05, 0) is 18.6 Å². The lowest BCUT2D eigenvalue weighted by Gasteiger charge is -2.16. The normalized spacial score (nSPS) is 10.2. The van der Waals surface area contributed by atoms with E-state index in [1.807, 2.05) is 6.92 Å². The van der Waals surface area contributed by atoms with Crippen LogP contribution in [-0.2, 0) is 0 Å². The molecule has 0 unspecified atom stereocenters. The lowest BCUT2D eigenvalue weighted by atomic mass is 10.2. The van der Waals surface area contributed by atoms with Crippen LogP contribution in [0.5, 0.6) is 0 Å². The number of hydrazine groups is 1. The number of carbonyl (C=O) groups is 1. The van der Waals surface area contributed by atoms with Gasteiger partial charge in [0.1, 0.15) is 10.3 Å². The van der Waals surface area contributed by atoms with E-state index in [-0.39, 0.29) is 21.8 Å². The molecule has 16 heavy (non-hydrogen) atoms. The van der Waals surface area contributed by atoms with Gasteiger partial charge in [0, 0.05) is 6.54 Å². The fourth-order valence-corrected chi connectivity index (χ4v) is 1.58. The van der Waals surface area contributed by atoms with Crippen molar-refractivity contribution in [3.63, 3.8) is 0 Å². The number of halogens is 2. The zero-order valence-corrected chi connectivity index (χ0v) is 10.4. The average molecular weight is 262 g/mol. The number of rotatable bonds is 4. The first kappa shape index (κ1) is 13.2. The second kappa shape index (κ2) is 6.03. The number of nitrogens with two attached hydrogens (primary N) is 1. The predicted octanol–water partition coefficient (Wildman–Crippen LogP) is 2.50. The summed E-state index contributed by atoms with van der Waals surface area (Å²) in [7, 11) is 0. The maximum Gasteiger partial charge on any atom is 0.270 e. The third kappa shape index (κ3) is 3.33. The highest BCUT2D eigenvalue weighted by Gasteiger charge is 2.16. The number of unbranched alkanes of at least 4 members (excludes halogenated alkanes) is 1. The highest BCUT2D eigenvalue weighted by molar-refractivity contribution is 6.34. The molecule has 4 nitrogen and oxygen atoms in total. The van der Waals surface area contributed by atoms with Crippen molar-refractivity contribution >= 4 is 29.1 Å². The van der Waals surface area contributed by atoms with Gasteiger partial charge >= 0.3 is 0 Å². The summed E-state index contributed by atoms with van der Waals surface area (Å²) in [6, 6.07) is 3.03. The van der Waals surface area contributed by atoms with Crippen LogP contribution in [-0.4, -0.2) is 22.4 Å². The van der Waals surface area contributed by atoms with Crippen molar-refractivity contribution in [3.05, 3.63) is 28.0 Å². The quantitative estimate of drug-likeness (QED) is 0.392. The molecule has 1 aromatic rings. The Morgan fingerprint density at radius 1 is 1.50 bits per heavy atom. The van der Waals surface area contributed by atoms with Crippen LogP contribution in [0.3, 0.4) is 0 Å². The van der Waals surface area contributed by atoms with E-state index >= 15 is 0 Å². The Labute approximate surface area is 104 Å². The molecule has 0 radical (unpaired) electrons. The van der Waals surface area contributed by atoms with E-state index in [4.69, 9.17) is 29.0 Å². The topological polar surface area (TPSA) is 59.2 Å². The van der Waals surface area contributed by atoms with Crippen LogP contribution < -0.4 is 5.84 Å². The Morgan fingerprint density at radius 3 is 2.75 bits per heavy atom. The van der Waals surface area contributed by atoms with Gasteiger partial charge in [0.25, 0.3) is 5.91 Å². The van der Waals surface area contributed by atoms with Crippen LogP contribution in [0.2, 0.25) is 10.3 Å².